The Morgan fingerprint density at radius 2 is 2.00 bits per heavy atom. The Morgan fingerprint density at radius 1 is 1.20 bits per heavy atom. The molecule has 0 aliphatic heterocycles. The molecule has 1 heterocycles. The monoisotopic (exact) mass is 331 g/mol. The Labute approximate surface area is 123 Å². The summed E-state index contributed by atoms with van der Waals surface area (Å²) in [6.07, 6.45) is 1.63. The van der Waals surface area contributed by atoms with Crippen molar-refractivity contribution in [2.24, 2.45) is 0 Å². The summed E-state index contributed by atoms with van der Waals surface area (Å²) in [6, 6.07) is 9.86. The lowest BCUT2D eigenvalue weighted by Gasteiger charge is -2.03. The van der Waals surface area contributed by atoms with Gasteiger partial charge in [0.05, 0.1) is 0 Å². The molecule has 0 aliphatic rings. The van der Waals surface area contributed by atoms with Gasteiger partial charge in [0, 0.05) is 32.7 Å². The number of fused-ring (bicyclic) bond motifs is 1. The average Bonchev–Trinajstić information content (AvgIpc) is 2.84. The molecule has 3 rings (SSSR count). The van der Waals surface area contributed by atoms with Crippen molar-refractivity contribution in [3.8, 4) is 0 Å². The number of aromatic nitrogens is 1. The maximum atomic E-state index is 13.2. The molecule has 0 unspecified atom stereocenters. The highest BCUT2D eigenvalue weighted by Gasteiger charge is 2.15. The first kappa shape index (κ1) is 13.1. The summed E-state index contributed by atoms with van der Waals surface area (Å²) in [6.45, 7) is 1.97. The second-order valence-corrected chi connectivity index (χ2v) is 5.54. The SMILES string of the molecule is Cc1ccc(C(=O)c2c[nH]c3cc(F)ccc23)cc1Br. The number of nitrogens with one attached hydrogen (secondary N) is 1. The third kappa shape index (κ3) is 2.16. The first-order valence-corrected chi connectivity index (χ1v) is 6.93. The van der Waals surface area contributed by atoms with E-state index in [1.54, 1.807) is 24.4 Å². The fourth-order valence-corrected chi connectivity index (χ4v) is 2.55. The summed E-state index contributed by atoms with van der Waals surface area (Å²) in [7, 11) is 0. The van der Waals surface area contributed by atoms with Crippen LogP contribution in [0.4, 0.5) is 4.39 Å². The zero-order chi connectivity index (χ0) is 14.3. The van der Waals surface area contributed by atoms with Gasteiger partial charge in [0.2, 0.25) is 0 Å². The standard InChI is InChI=1S/C16H11BrFNO/c1-9-2-3-10(6-14(9)17)16(20)13-8-19-15-7-11(18)4-5-12(13)15/h2-8,19H,1H3. The molecule has 3 aromatic rings. The molecule has 0 saturated carbocycles. The van der Waals surface area contributed by atoms with Crippen LogP contribution < -0.4 is 0 Å². The minimum absolute atomic E-state index is 0.0800. The highest BCUT2D eigenvalue weighted by molar-refractivity contribution is 9.10. The van der Waals surface area contributed by atoms with Crippen LogP contribution in [0.1, 0.15) is 21.5 Å². The van der Waals surface area contributed by atoms with Crippen LogP contribution in [0.3, 0.4) is 0 Å². The zero-order valence-electron chi connectivity index (χ0n) is 10.7. The van der Waals surface area contributed by atoms with E-state index in [1.165, 1.54) is 12.1 Å². The lowest BCUT2D eigenvalue weighted by Crippen LogP contribution is -2.00. The Kier molecular flexibility index (Phi) is 3.18. The molecule has 0 fully saturated rings. The number of aryl methyl sites for hydroxylation is 1. The fourth-order valence-electron chi connectivity index (χ4n) is 2.18. The number of hydrogen-bond acceptors (Lipinski definition) is 1. The largest absolute Gasteiger partial charge is 0.360 e. The van der Waals surface area contributed by atoms with Crippen molar-refractivity contribution in [1.29, 1.82) is 0 Å². The summed E-state index contributed by atoms with van der Waals surface area (Å²) in [4.78, 5) is 15.5. The lowest BCUT2D eigenvalue weighted by molar-refractivity contribution is 0.104. The van der Waals surface area contributed by atoms with E-state index in [2.05, 4.69) is 20.9 Å². The summed E-state index contributed by atoms with van der Waals surface area (Å²) in [5.74, 6) is -0.403. The smallest absolute Gasteiger partial charge is 0.195 e. The van der Waals surface area contributed by atoms with Gasteiger partial charge in [0.25, 0.3) is 0 Å². The topological polar surface area (TPSA) is 32.9 Å². The number of carbonyl (C=O) groups is 1. The van der Waals surface area contributed by atoms with Crippen molar-refractivity contribution in [2.75, 3.05) is 0 Å². The van der Waals surface area contributed by atoms with Crippen LogP contribution in [-0.2, 0) is 0 Å². The minimum Gasteiger partial charge on any atom is -0.360 e. The van der Waals surface area contributed by atoms with E-state index < -0.39 is 0 Å². The average molecular weight is 332 g/mol. The predicted octanol–water partition coefficient (Wildman–Crippen LogP) is 4.61. The number of ketones is 1. The van der Waals surface area contributed by atoms with Gasteiger partial charge in [-0.2, -0.15) is 0 Å². The molecule has 0 amide bonds. The van der Waals surface area contributed by atoms with E-state index in [9.17, 15) is 9.18 Å². The predicted molar refractivity (Wildman–Crippen MR) is 80.6 cm³/mol. The molecule has 0 radical (unpaired) electrons. The molecule has 100 valence electrons. The molecule has 4 heteroatoms. The van der Waals surface area contributed by atoms with Gasteiger partial charge in [-0.3, -0.25) is 4.79 Å². The molecule has 0 aliphatic carbocycles. The van der Waals surface area contributed by atoms with Crippen molar-refractivity contribution in [2.45, 2.75) is 6.92 Å². The van der Waals surface area contributed by atoms with Crippen LogP contribution in [0.15, 0.2) is 47.1 Å². The highest BCUT2D eigenvalue weighted by atomic mass is 79.9. The summed E-state index contributed by atoms with van der Waals surface area (Å²) in [5, 5.41) is 0.730. The zero-order valence-corrected chi connectivity index (χ0v) is 12.3. The molecule has 20 heavy (non-hydrogen) atoms. The van der Waals surface area contributed by atoms with E-state index in [0.717, 1.165) is 15.4 Å². The maximum Gasteiger partial charge on any atom is 0.195 e. The first-order chi connectivity index (χ1) is 9.56. The number of rotatable bonds is 2. The summed E-state index contributed by atoms with van der Waals surface area (Å²) in [5.41, 5.74) is 2.85. The van der Waals surface area contributed by atoms with Crippen LogP contribution in [0.5, 0.6) is 0 Å². The molecule has 2 aromatic carbocycles. The van der Waals surface area contributed by atoms with Crippen LogP contribution >= 0.6 is 15.9 Å². The second-order valence-electron chi connectivity index (χ2n) is 4.69. The first-order valence-electron chi connectivity index (χ1n) is 6.14. The van der Waals surface area contributed by atoms with Gasteiger partial charge >= 0.3 is 0 Å². The van der Waals surface area contributed by atoms with Crippen LogP contribution in [-0.4, -0.2) is 10.8 Å². The van der Waals surface area contributed by atoms with Crippen LogP contribution in [0.2, 0.25) is 0 Å². The number of aromatic amines is 1. The molecular formula is C16H11BrFNO. The van der Waals surface area contributed by atoms with E-state index in [1.807, 2.05) is 13.0 Å². The summed E-state index contributed by atoms with van der Waals surface area (Å²) >= 11 is 3.43. The Balaban J connectivity index is 2.10. The van der Waals surface area contributed by atoms with Crippen molar-refractivity contribution < 1.29 is 9.18 Å². The fraction of sp³-hybridized carbons (Fsp3) is 0.0625. The molecule has 0 atom stereocenters. The number of carbonyl (C=O) groups excluding carboxylic acids is 1. The number of benzene rings is 2. The van der Waals surface area contributed by atoms with Crippen molar-refractivity contribution in [3.63, 3.8) is 0 Å². The normalized spacial score (nSPS) is 10.9. The van der Waals surface area contributed by atoms with Gasteiger partial charge in [0.1, 0.15) is 5.82 Å². The minimum atomic E-state index is -0.323. The van der Waals surface area contributed by atoms with Gasteiger partial charge < -0.3 is 4.98 Å². The second kappa shape index (κ2) is 4.87. The molecule has 0 bridgehead atoms. The molecule has 0 spiro atoms. The van der Waals surface area contributed by atoms with Gasteiger partial charge in [-0.15, -0.1) is 0 Å². The van der Waals surface area contributed by atoms with Crippen molar-refractivity contribution >= 4 is 32.6 Å². The highest BCUT2D eigenvalue weighted by Crippen LogP contribution is 2.24. The number of hydrogen-bond donors (Lipinski definition) is 1. The molecule has 1 N–H and O–H groups in total. The van der Waals surface area contributed by atoms with Gasteiger partial charge in [-0.1, -0.05) is 28.1 Å². The van der Waals surface area contributed by atoms with Crippen molar-refractivity contribution in [1.82, 2.24) is 4.98 Å². The Bertz CT molecular complexity index is 822. The summed E-state index contributed by atoms with van der Waals surface area (Å²) < 4.78 is 14.1. The molecule has 2 nitrogen and oxygen atoms in total. The third-order valence-corrected chi connectivity index (χ3v) is 4.18. The maximum absolute atomic E-state index is 13.2. The van der Waals surface area contributed by atoms with Gasteiger partial charge in [0.15, 0.2) is 5.78 Å². The quantitative estimate of drug-likeness (QED) is 0.683. The van der Waals surface area contributed by atoms with E-state index in [4.69, 9.17) is 0 Å². The molecule has 0 saturated heterocycles. The third-order valence-electron chi connectivity index (χ3n) is 3.32. The van der Waals surface area contributed by atoms with Gasteiger partial charge in [-0.05, 0) is 36.8 Å². The molecular weight excluding hydrogens is 321 g/mol. The van der Waals surface area contributed by atoms with Crippen molar-refractivity contribution in [3.05, 3.63) is 69.6 Å². The van der Waals surface area contributed by atoms with Crippen LogP contribution in [0.25, 0.3) is 10.9 Å². The van der Waals surface area contributed by atoms with E-state index in [-0.39, 0.29) is 11.6 Å². The van der Waals surface area contributed by atoms with Gasteiger partial charge in [-0.25, -0.2) is 4.39 Å². The van der Waals surface area contributed by atoms with E-state index >= 15 is 0 Å². The Hall–Kier alpha value is -1.94. The number of halogens is 2. The number of H-pyrrole nitrogens is 1. The van der Waals surface area contributed by atoms with Crippen LogP contribution in [0, 0.1) is 12.7 Å². The lowest BCUT2D eigenvalue weighted by atomic mass is 10.0. The Morgan fingerprint density at radius 3 is 2.75 bits per heavy atom. The van der Waals surface area contributed by atoms with E-state index in [0.29, 0.717) is 16.6 Å². The molecule has 1 aromatic heterocycles.